The van der Waals surface area contributed by atoms with Crippen molar-refractivity contribution in [2.24, 2.45) is 0 Å². The van der Waals surface area contributed by atoms with Gasteiger partial charge in [0.05, 0.1) is 16.5 Å². The summed E-state index contributed by atoms with van der Waals surface area (Å²) in [6.07, 6.45) is 1.50. The number of Topliss-reactive ketones (excluding diaryl/α,β-unsaturated/α-hetero) is 1. The lowest BCUT2D eigenvalue weighted by Crippen LogP contribution is -2.29. The molecule has 1 atom stereocenters. The first-order chi connectivity index (χ1) is 14.0. The molecule has 4 rings (SSSR count). The second-order valence-electron chi connectivity index (χ2n) is 6.20. The zero-order valence-electron chi connectivity index (χ0n) is 14.8. The summed E-state index contributed by atoms with van der Waals surface area (Å²) in [7, 11) is 0. The average Bonchev–Trinajstić information content (AvgIpc) is 3.35. The van der Waals surface area contributed by atoms with E-state index in [4.69, 9.17) is 0 Å². The number of non-ortho nitro benzene ring substituents is 1. The second kappa shape index (κ2) is 7.28. The van der Waals surface area contributed by atoms with Gasteiger partial charge >= 0.3 is 5.91 Å². The van der Waals surface area contributed by atoms with Crippen LogP contribution < -0.4 is 4.90 Å². The van der Waals surface area contributed by atoms with Gasteiger partial charge in [-0.25, -0.2) is 4.98 Å². The van der Waals surface area contributed by atoms with E-state index < -0.39 is 22.7 Å². The van der Waals surface area contributed by atoms with Gasteiger partial charge in [0, 0.05) is 29.3 Å². The summed E-state index contributed by atoms with van der Waals surface area (Å²) < 4.78 is 0. The number of nitro groups is 1. The lowest BCUT2D eigenvalue weighted by atomic mass is 9.95. The van der Waals surface area contributed by atoms with Crippen molar-refractivity contribution in [2.75, 3.05) is 4.90 Å². The van der Waals surface area contributed by atoms with Gasteiger partial charge in [-0.15, -0.1) is 11.3 Å². The van der Waals surface area contributed by atoms with Crippen LogP contribution >= 0.6 is 11.3 Å². The number of anilines is 1. The van der Waals surface area contributed by atoms with Gasteiger partial charge in [0.25, 0.3) is 11.5 Å². The van der Waals surface area contributed by atoms with E-state index in [-0.39, 0.29) is 17.0 Å². The van der Waals surface area contributed by atoms with E-state index in [1.807, 2.05) is 0 Å². The molecule has 1 N–H and O–H groups in total. The minimum Gasteiger partial charge on any atom is -0.507 e. The van der Waals surface area contributed by atoms with Gasteiger partial charge in [-0.1, -0.05) is 30.3 Å². The quantitative estimate of drug-likeness (QED) is 0.232. The van der Waals surface area contributed by atoms with Crippen molar-refractivity contribution >= 4 is 39.6 Å². The first-order valence-electron chi connectivity index (χ1n) is 8.49. The highest BCUT2D eigenvalue weighted by Crippen LogP contribution is 2.42. The molecule has 0 spiro atoms. The molecule has 144 valence electrons. The summed E-state index contributed by atoms with van der Waals surface area (Å²) in [4.78, 5) is 41.4. The molecule has 1 aromatic heterocycles. The fraction of sp³-hybridized carbons (Fsp3) is 0.0500. The molecule has 1 aliphatic rings. The summed E-state index contributed by atoms with van der Waals surface area (Å²) in [6.45, 7) is 0. The number of amides is 1. The molecule has 1 unspecified atom stereocenters. The summed E-state index contributed by atoms with van der Waals surface area (Å²) in [5.41, 5.74) is 0.618. The number of nitro benzene ring substituents is 1. The maximum absolute atomic E-state index is 12.8. The Morgan fingerprint density at radius 1 is 1.10 bits per heavy atom. The minimum absolute atomic E-state index is 0.0924. The van der Waals surface area contributed by atoms with Gasteiger partial charge in [-0.05, 0) is 17.7 Å². The number of rotatable bonds is 4. The van der Waals surface area contributed by atoms with Crippen LogP contribution in [-0.4, -0.2) is 26.7 Å². The number of aromatic nitrogens is 1. The molecule has 1 fully saturated rings. The van der Waals surface area contributed by atoms with Crippen LogP contribution in [0.25, 0.3) is 5.76 Å². The molecule has 0 bridgehead atoms. The van der Waals surface area contributed by atoms with E-state index in [1.54, 1.807) is 35.7 Å². The topological polar surface area (TPSA) is 114 Å². The zero-order chi connectivity index (χ0) is 20.5. The molecule has 9 heteroatoms. The van der Waals surface area contributed by atoms with E-state index in [2.05, 4.69) is 4.98 Å². The van der Waals surface area contributed by atoms with Gasteiger partial charge in [0.2, 0.25) is 0 Å². The lowest BCUT2D eigenvalue weighted by molar-refractivity contribution is -0.384. The van der Waals surface area contributed by atoms with E-state index in [0.717, 1.165) is 0 Å². The third-order valence-electron chi connectivity index (χ3n) is 4.54. The number of thiazole rings is 1. The summed E-state index contributed by atoms with van der Waals surface area (Å²) in [5.74, 6) is -1.97. The standard InChI is InChI=1S/C20H13N3O5S/c24-17(13-4-2-1-3-5-13)15-16(12-6-8-14(9-7-12)23(27)28)22(19(26)18(15)25)20-21-10-11-29-20/h1-11,16,24H/b17-15-. The van der Waals surface area contributed by atoms with Crippen LogP contribution in [0.2, 0.25) is 0 Å². The Hall–Kier alpha value is -3.85. The van der Waals surface area contributed by atoms with Crippen molar-refractivity contribution < 1.29 is 19.6 Å². The molecular weight excluding hydrogens is 394 g/mol. The molecule has 3 aromatic rings. The third-order valence-corrected chi connectivity index (χ3v) is 5.31. The monoisotopic (exact) mass is 407 g/mol. The molecule has 29 heavy (non-hydrogen) atoms. The van der Waals surface area contributed by atoms with Gasteiger partial charge in [0.15, 0.2) is 5.13 Å². The van der Waals surface area contributed by atoms with Gasteiger partial charge in [0.1, 0.15) is 5.76 Å². The number of nitrogens with zero attached hydrogens (tertiary/aromatic N) is 3. The highest BCUT2D eigenvalue weighted by molar-refractivity contribution is 7.14. The van der Waals surface area contributed by atoms with E-state index in [1.165, 1.54) is 46.7 Å². The number of aliphatic hydroxyl groups excluding tert-OH is 1. The number of ketones is 1. The Bertz CT molecular complexity index is 1120. The first-order valence-corrected chi connectivity index (χ1v) is 9.37. The van der Waals surface area contributed by atoms with Crippen LogP contribution in [0.3, 0.4) is 0 Å². The number of aliphatic hydroxyl groups is 1. The van der Waals surface area contributed by atoms with E-state index in [0.29, 0.717) is 16.3 Å². The van der Waals surface area contributed by atoms with E-state index in [9.17, 15) is 24.8 Å². The smallest absolute Gasteiger partial charge is 0.301 e. The Morgan fingerprint density at radius 2 is 1.79 bits per heavy atom. The molecular formula is C20H13N3O5S. The number of carbonyl (C=O) groups is 2. The van der Waals surface area contributed by atoms with Crippen LogP contribution in [0.1, 0.15) is 17.2 Å². The lowest BCUT2D eigenvalue weighted by Gasteiger charge is -2.22. The molecule has 0 radical (unpaired) electrons. The highest BCUT2D eigenvalue weighted by Gasteiger charge is 2.48. The normalized spacial score (nSPS) is 18.2. The fourth-order valence-corrected chi connectivity index (χ4v) is 3.88. The first kappa shape index (κ1) is 18.5. The Balaban J connectivity index is 1.92. The summed E-state index contributed by atoms with van der Waals surface area (Å²) in [5, 5.41) is 23.8. The van der Waals surface area contributed by atoms with Gasteiger partial charge in [-0.3, -0.25) is 24.6 Å². The number of benzene rings is 2. The molecule has 0 aliphatic carbocycles. The van der Waals surface area contributed by atoms with Crippen LogP contribution in [0.5, 0.6) is 0 Å². The van der Waals surface area contributed by atoms with Crippen molar-refractivity contribution in [3.05, 3.63) is 93.0 Å². The number of hydrogen-bond donors (Lipinski definition) is 1. The predicted molar refractivity (Wildman–Crippen MR) is 106 cm³/mol. The second-order valence-corrected chi connectivity index (χ2v) is 7.07. The molecule has 2 heterocycles. The van der Waals surface area contributed by atoms with Crippen LogP contribution in [0.15, 0.2) is 71.7 Å². The van der Waals surface area contributed by atoms with E-state index >= 15 is 0 Å². The van der Waals surface area contributed by atoms with Crippen molar-refractivity contribution in [1.29, 1.82) is 0 Å². The third kappa shape index (κ3) is 3.17. The average molecular weight is 407 g/mol. The van der Waals surface area contributed by atoms with Gasteiger partial charge < -0.3 is 5.11 Å². The molecule has 1 aliphatic heterocycles. The summed E-state index contributed by atoms with van der Waals surface area (Å²) >= 11 is 1.17. The predicted octanol–water partition coefficient (Wildman–Crippen LogP) is 3.68. The maximum atomic E-state index is 12.8. The number of carbonyl (C=O) groups excluding carboxylic acids is 2. The van der Waals surface area contributed by atoms with Crippen molar-refractivity contribution in [3.8, 4) is 0 Å². The van der Waals surface area contributed by atoms with Gasteiger partial charge in [-0.2, -0.15) is 0 Å². The van der Waals surface area contributed by atoms with Crippen molar-refractivity contribution in [3.63, 3.8) is 0 Å². The maximum Gasteiger partial charge on any atom is 0.301 e. The number of hydrogen-bond acceptors (Lipinski definition) is 7. The summed E-state index contributed by atoms with van der Waals surface area (Å²) in [6, 6.07) is 13.0. The molecule has 1 amide bonds. The zero-order valence-corrected chi connectivity index (χ0v) is 15.6. The van der Waals surface area contributed by atoms with Crippen LogP contribution in [0, 0.1) is 10.1 Å². The fourth-order valence-electron chi connectivity index (χ4n) is 3.21. The highest BCUT2D eigenvalue weighted by atomic mass is 32.1. The Kier molecular flexibility index (Phi) is 4.65. The van der Waals surface area contributed by atoms with Crippen LogP contribution in [0.4, 0.5) is 10.8 Å². The minimum atomic E-state index is -0.956. The molecule has 0 saturated carbocycles. The molecule has 1 saturated heterocycles. The van der Waals surface area contributed by atoms with Crippen molar-refractivity contribution in [1.82, 2.24) is 4.98 Å². The molecule has 2 aromatic carbocycles. The van der Waals surface area contributed by atoms with Crippen molar-refractivity contribution in [2.45, 2.75) is 6.04 Å². The Morgan fingerprint density at radius 3 is 2.38 bits per heavy atom. The van der Waals surface area contributed by atoms with Crippen LogP contribution in [-0.2, 0) is 9.59 Å². The molecule has 8 nitrogen and oxygen atoms in total. The largest absolute Gasteiger partial charge is 0.507 e. The SMILES string of the molecule is O=C1C(=O)N(c2nccs2)C(c2ccc([N+](=O)[O-])cc2)/C1=C(/O)c1ccccc1. The Labute approximate surface area is 168 Å².